The zero-order chi connectivity index (χ0) is 18.8. The molecule has 3 aromatic rings. The zero-order valence-electron chi connectivity index (χ0n) is 15.7. The number of nitrogens with zero attached hydrogens (tertiary/aromatic N) is 2. The van der Waals surface area contributed by atoms with Crippen molar-refractivity contribution < 1.29 is 9.53 Å². The average molecular weight is 361 g/mol. The number of rotatable bonds is 4. The van der Waals surface area contributed by atoms with E-state index in [9.17, 15) is 4.79 Å². The van der Waals surface area contributed by atoms with Crippen LogP contribution in [0, 0.1) is 0 Å². The Morgan fingerprint density at radius 1 is 1.19 bits per heavy atom. The summed E-state index contributed by atoms with van der Waals surface area (Å²) in [5, 5.41) is 3.92. The van der Waals surface area contributed by atoms with Gasteiger partial charge in [-0.05, 0) is 48.6 Å². The number of hydrogen-bond acceptors (Lipinski definition) is 3. The average Bonchev–Trinajstić information content (AvgIpc) is 3.23. The highest BCUT2D eigenvalue weighted by atomic mass is 16.5. The monoisotopic (exact) mass is 361 g/mol. The van der Waals surface area contributed by atoms with E-state index in [0.29, 0.717) is 0 Å². The standard InChI is InChI=1S/C22H23N3O2/c1-25-20-11-8-16(24-22(26)27-2)14-18(20)17-9-10-19(21(17)25)23-13-12-15-6-4-3-5-7-15/h3-8,11,14H,9-10,12-13H2,1-2H3,(H,24,26). The zero-order valence-corrected chi connectivity index (χ0v) is 15.7. The second-order valence-corrected chi connectivity index (χ2v) is 6.80. The number of benzene rings is 2. The molecule has 1 amide bonds. The molecule has 0 saturated heterocycles. The highest BCUT2D eigenvalue weighted by Crippen LogP contribution is 2.34. The van der Waals surface area contributed by atoms with Crippen molar-refractivity contribution in [2.24, 2.45) is 12.0 Å². The second kappa shape index (κ2) is 7.27. The number of fused-ring (bicyclic) bond motifs is 3. The van der Waals surface area contributed by atoms with E-state index >= 15 is 0 Å². The van der Waals surface area contributed by atoms with E-state index in [0.717, 1.165) is 37.0 Å². The number of nitrogens with one attached hydrogen (secondary N) is 1. The van der Waals surface area contributed by atoms with Crippen molar-refractivity contribution in [1.82, 2.24) is 4.57 Å². The smallest absolute Gasteiger partial charge is 0.411 e. The molecule has 1 heterocycles. The molecule has 138 valence electrons. The van der Waals surface area contributed by atoms with E-state index in [2.05, 4.69) is 45.9 Å². The van der Waals surface area contributed by atoms with Crippen LogP contribution in [0.2, 0.25) is 0 Å². The van der Waals surface area contributed by atoms with Crippen molar-refractivity contribution in [2.75, 3.05) is 19.0 Å². The van der Waals surface area contributed by atoms with Gasteiger partial charge in [-0.1, -0.05) is 30.3 Å². The first-order valence-electron chi connectivity index (χ1n) is 9.21. The minimum atomic E-state index is -0.454. The molecule has 0 bridgehead atoms. The quantitative estimate of drug-likeness (QED) is 0.752. The minimum absolute atomic E-state index is 0.454. The van der Waals surface area contributed by atoms with Crippen molar-refractivity contribution >= 4 is 28.4 Å². The maximum Gasteiger partial charge on any atom is 0.411 e. The second-order valence-electron chi connectivity index (χ2n) is 6.80. The summed E-state index contributed by atoms with van der Waals surface area (Å²) >= 11 is 0. The Labute approximate surface area is 158 Å². The van der Waals surface area contributed by atoms with E-state index in [1.165, 1.54) is 35.0 Å². The SMILES string of the molecule is COC(=O)Nc1ccc2c(c1)c1c(n2C)C(=NCCc2ccccc2)CC1. The number of amides is 1. The summed E-state index contributed by atoms with van der Waals surface area (Å²) in [6.45, 7) is 0.801. The highest BCUT2D eigenvalue weighted by Gasteiger charge is 2.25. The van der Waals surface area contributed by atoms with Crippen LogP contribution in [0.1, 0.15) is 23.2 Å². The summed E-state index contributed by atoms with van der Waals surface area (Å²) in [4.78, 5) is 16.4. The van der Waals surface area contributed by atoms with Crippen molar-refractivity contribution in [3.05, 3.63) is 65.4 Å². The lowest BCUT2D eigenvalue weighted by Crippen LogP contribution is -2.10. The molecule has 5 heteroatoms. The molecular formula is C22H23N3O2. The molecule has 0 saturated carbocycles. The van der Waals surface area contributed by atoms with Gasteiger partial charge in [0, 0.05) is 30.2 Å². The number of carbonyl (C=O) groups excluding carboxylic acids is 1. The number of carbonyl (C=O) groups is 1. The third kappa shape index (κ3) is 3.33. The van der Waals surface area contributed by atoms with Gasteiger partial charge in [-0.25, -0.2) is 4.79 Å². The topological polar surface area (TPSA) is 55.6 Å². The van der Waals surface area contributed by atoms with Crippen molar-refractivity contribution in [2.45, 2.75) is 19.3 Å². The van der Waals surface area contributed by atoms with Crippen LogP contribution in [-0.4, -0.2) is 30.0 Å². The molecule has 1 aromatic heterocycles. The molecule has 5 nitrogen and oxygen atoms in total. The van der Waals surface area contributed by atoms with Gasteiger partial charge in [-0.3, -0.25) is 10.3 Å². The first kappa shape index (κ1) is 17.3. The molecule has 0 radical (unpaired) electrons. The lowest BCUT2D eigenvalue weighted by atomic mass is 10.1. The summed E-state index contributed by atoms with van der Waals surface area (Å²) < 4.78 is 6.91. The van der Waals surface area contributed by atoms with Crippen LogP contribution in [0.5, 0.6) is 0 Å². The van der Waals surface area contributed by atoms with Gasteiger partial charge >= 0.3 is 6.09 Å². The van der Waals surface area contributed by atoms with Crippen LogP contribution in [0.15, 0.2) is 53.5 Å². The number of ether oxygens (including phenoxy) is 1. The Morgan fingerprint density at radius 3 is 2.78 bits per heavy atom. The molecule has 0 spiro atoms. The molecule has 1 N–H and O–H groups in total. The maximum atomic E-state index is 11.5. The fourth-order valence-corrected chi connectivity index (χ4v) is 3.87. The summed E-state index contributed by atoms with van der Waals surface area (Å²) in [6.07, 6.45) is 2.46. The van der Waals surface area contributed by atoms with Gasteiger partial charge in [0.2, 0.25) is 0 Å². The summed E-state index contributed by atoms with van der Waals surface area (Å²) in [6, 6.07) is 16.4. The molecule has 4 rings (SSSR count). The van der Waals surface area contributed by atoms with Crippen LogP contribution in [0.25, 0.3) is 10.9 Å². The maximum absolute atomic E-state index is 11.5. The van der Waals surface area contributed by atoms with E-state index in [-0.39, 0.29) is 0 Å². The van der Waals surface area contributed by atoms with Crippen LogP contribution >= 0.6 is 0 Å². The fraction of sp³-hybridized carbons (Fsp3) is 0.273. The van der Waals surface area contributed by atoms with Crippen molar-refractivity contribution in [3.63, 3.8) is 0 Å². The summed E-state index contributed by atoms with van der Waals surface area (Å²) in [5.41, 5.74) is 6.95. The Balaban J connectivity index is 1.61. The third-order valence-electron chi connectivity index (χ3n) is 5.17. The number of aliphatic imine (C=N–C) groups is 1. The van der Waals surface area contributed by atoms with Gasteiger partial charge in [0.15, 0.2) is 0 Å². The molecule has 1 aliphatic rings. The van der Waals surface area contributed by atoms with Gasteiger partial charge < -0.3 is 9.30 Å². The molecular weight excluding hydrogens is 338 g/mol. The predicted molar refractivity (Wildman–Crippen MR) is 109 cm³/mol. The summed E-state index contributed by atoms with van der Waals surface area (Å²) in [5.74, 6) is 0. The predicted octanol–water partition coefficient (Wildman–Crippen LogP) is 4.33. The molecule has 0 fully saturated rings. The number of methoxy groups -OCH3 is 1. The third-order valence-corrected chi connectivity index (χ3v) is 5.17. The van der Waals surface area contributed by atoms with Crippen molar-refractivity contribution in [1.29, 1.82) is 0 Å². The normalized spacial score (nSPS) is 14.5. The number of aryl methyl sites for hydroxylation is 2. The number of aromatic nitrogens is 1. The van der Waals surface area contributed by atoms with Crippen molar-refractivity contribution in [3.8, 4) is 0 Å². The lowest BCUT2D eigenvalue weighted by molar-refractivity contribution is 0.187. The first-order chi connectivity index (χ1) is 13.2. The molecule has 0 aliphatic heterocycles. The van der Waals surface area contributed by atoms with Crippen LogP contribution in [0.4, 0.5) is 10.5 Å². The Kier molecular flexibility index (Phi) is 4.67. The molecule has 2 aromatic carbocycles. The number of anilines is 1. The number of hydrogen-bond donors (Lipinski definition) is 1. The van der Waals surface area contributed by atoms with E-state index in [1.807, 2.05) is 24.3 Å². The van der Waals surface area contributed by atoms with Gasteiger partial charge in [0.25, 0.3) is 0 Å². The molecule has 1 aliphatic carbocycles. The first-order valence-corrected chi connectivity index (χ1v) is 9.21. The lowest BCUT2D eigenvalue weighted by Gasteiger charge is -2.06. The van der Waals surface area contributed by atoms with Crippen LogP contribution in [0.3, 0.4) is 0 Å². The largest absolute Gasteiger partial charge is 0.453 e. The Morgan fingerprint density at radius 2 is 2.00 bits per heavy atom. The van der Waals surface area contributed by atoms with Crippen LogP contribution < -0.4 is 5.32 Å². The van der Waals surface area contributed by atoms with E-state index in [4.69, 9.17) is 4.99 Å². The molecule has 0 atom stereocenters. The Bertz CT molecular complexity index is 1020. The van der Waals surface area contributed by atoms with Crippen LogP contribution in [-0.2, 0) is 24.6 Å². The fourth-order valence-electron chi connectivity index (χ4n) is 3.87. The molecule has 0 unspecified atom stereocenters. The summed E-state index contributed by atoms with van der Waals surface area (Å²) in [7, 11) is 3.46. The van der Waals surface area contributed by atoms with Gasteiger partial charge in [0.1, 0.15) is 0 Å². The Hall–Kier alpha value is -3.08. The van der Waals surface area contributed by atoms with E-state index < -0.39 is 6.09 Å². The van der Waals surface area contributed by atoms with E-state index in [1.54, 1.807) is 0 Å². The van der Waals surface area contributed by atoms with Gasteiger partial charge in [-0.15, -0.1) is 0 Å². The molecule has 27 heavy (non-hydrogen) atoms. The van der Waals surface area contributed by atoms with Gasteiger partial charge in [-0.2, -0.15) is 0 Å². The highest BCUT2D eigenvalue weighted by molar-refractivity contribution is 6.09. The minimum Gasteiger partial charge on any atom is -0.453 e. The van der Waals surface area contributed by atoms with Gasteiger partial charge in [0.05, 0.1) is 18.5 Å².